The Morgan fingerprint density at radius 3 is 2.69 bits per heavy atom. The van der Waals surface area contributed by atoms with Gasteiger partial charge < -0.3 is 20.1 Å². The molecule has 2 aliphatic heterocycles. The second-order valence-electron chi connectivity index (χ2n) is 7.59. The van der Waals surface area contributed by atoms with Gasteiger partial charge in [0.05, 0.1) is 5.54 Å². The maximum Gasteiger partial charge on any atom is 0.220 e. The van der Waals surface area contributed by atoms with Crippen molar-refractivity contribution in [2.45, 2.75) is 50.5 Å². The van der Waals surface area contributed by atoms with Crippen molar-refractivity contribution in [1.29, 1.82) is 0 Å². The van der Waals surface area contributed by atoms with Crippen LogP contribution in [0.3, 0.4) is 0 Å². The molecule has 1 aromatic rings. The Balaban J connectivity index is 0.00000196. The Morgan fingerprint density at radius 1 is 1.19 bits per heavy atom. The molecule has 6 heteroatoms. The van der Waals surface area contributed by atoms with Crippen LogP contribution in [0, 0.1) is 5.92 Å². The van der Waals surface area contributed by atoms with Crippen LogP contribution in [-0.4, -0.2) is 32.2 Å². The number of benzene rings is 1. The highest BCUT2D eigenvalue weighted by atomic mass is 35.5. The SMILES string of the molecule is Cl.O=C(CCC1CCNC1)NC1(c2ccc3c(c2)OCCO3)CCCC1. The number of nitrogens with one attached hydrogen (secondary N) is 2. The number of hydrogen-bond acceptors (Lipinski definition) is 4. The first-order chi connectivity index (χ1) is 12.3. The van der Waals surface area contributed by atoms with Crippen molar-refractivity contribution in [3.8, 4) is 11.5 Å². The molecule has 1 amide bonds. The van der Waals surface area contributed by atoms with Gasteiger partial charge in [-0.15, -0.1) is 12.4 Å². The summed E-state index contributed by atoms with van der Waals surface area (Å²) < 4.78 is 11.4. The quantitative estimate of drug-likeness (QED) is 0.823. The van der Waals surface area contributed by atoms with Gasteiger partial charge in [-0.25, -0.2) is 0 Å². The summed E-state index contributed by atoms with van der Waals surface area (Å²) in [6.07, 6.45) is 7.12. The lowest BCUT2D eigenvalue weighted by Crippen LogP contribution is -2.44. The summed E-state index contributed by atoms with van der Waals surface area (Å²) in [6.45, 7) is 3.34. The van der Waals surface area contributed by atoms with Crippen LogP contribution in [-0.2, 0) is 10.3 Å². The standard InChI is InChI=1S/C20H28N2O3.ClH/c23-19(6-3-15-7-10-21-14-15)22-20(8-1-2-9-20)16-4-5-17-18(13-16)25-12-11-24-17;/h4-5,13,15,21H,1-3,6-12,14H2,(H,22,23);1H. The zero-order valence-electron chi connectivity index (χ0n) is 15.2. The lowest BCUT2D eigenvalue weighted by molar-refractivity contribution is -0.123. The fourth-order valence-electron chi connectivity index (χ4n) is 4.43. The second kappa shape index (κ2) is 8.49. The fraction of sp³-hybridized carbons (Fsp3) is 0.650. The first-order valence-corrected chi connectivity index (χ1v) is 9.67. The Morgan fingerprint density at radius 2 is 1.96 bits per heavy atom. The van der Waals surface area contributed by atoms with Crippen LogP contribution in [0.4, 0.5) is 0 Å². The number of ether oxygens (including phenoxy) is 2. The van der Waals surface area contributed by atoms with Gasteiger partial charge in [0.2, 0.25) is 5.91 Å². The number of halogens is 1. The van der Waals surface area contributed by atoms with E-state index in [4.69, 9.17) is 9.47 Å². The van der Waals surface area contributed by atoms with Crippen LogP contribution in [0.15, 0.2) is 18.2 Å². The van der Waals surface area contributed by atoms with Crippen LogP contribution >= 0.6 is 12.4 Å². The Bertz CT molecular complexity index is 625. The Labute approximate surface area is 161 Å². The number of carbonyl (C=O) groups is 1. The van der Waals surface area contributed by atoms with E-state index in [0.29, 0.717) is 25.6 Å². The summed E-state index contributed by atoms with van der Waals surface area (Å²) >= 11 is 0. The molecular weight excluding hydrogens is 352 g/mol. The monoisotopic (exact) mass is 380 g/mol. The number of fused-ring (bicyclic) bond motifs is 1. The summed E-state index contributed by atoms with van der Waals surface area (Å²) in [5, 5.41) is 6.76. The van der Waals surface area contributed by atoms with Crippen molar-refractivity contribution in [2.24, 2.45) is 5.92 Å². The van der Waals surface area contributed by atoms with Crippen molar-refractivity contribution in [3.63, 3.8) is 0 Å². The van der Waals surface area contributed by atoms with Gasteiger partial charge in [-0.1, -0.05) is 18.9 Å². The van der Waals surface area contributed by atoms with E-state index in [2.05, 4.69) is 22.8 Å². The third-order valence-corrected chi connectivity index (χ3v) is 5.87. The lowest BCUT2D eigenvalue weighted by atomic mass is 9.87. The molecule has 2 N–H and O–H groups in total. The lowest BCUT2D eigenvalue weighted by Gasteiger charge is -2.32. The van der Waals surface area contributed by atoms with Crippen molar-refractivity contribution in [2.75, 3.05) is 26.3 Å². The van der Waals surface area contributed by atoms with Crippen LogP contribution in [0.5, 0.6) is 11.5 Å². The first kappa shape index (κ1) is 19.3. The molecular formula is C20H29ClN2O3. The Hall–Kier alpha value is -1.46. The second-order valence-corrected chi connectivity index (χ2v) is 7.59. The Kier molecular flexibility index (Phi) is 6.30. The fourth-order valence-corrected chi connectivity index (χ4v) is 4.43. The molecule has 144 valence electrons. The van der Waals surface area contributed by atoms with Gasteiger partial charge >= 0.3 is 0 Å². The van der Waals surface area contributed by atoms with Gasteiger partial charge in [-0.3, -0.25) is 4.79 Å². The summed E-state index contributed by atoms with van der Waals surface area (Å²) in [5.74, 6) is 2.45. The van der Waals surface area contributed by atoms with Gasteiger partial charge in [0.1, 0.15) is 13.2 Å². The molecule has 5 nitrogen and oxygen atoms in total. The smallest absolute Gasteiger partial charge is 0.220 e. The van der Waals surface area contributed by atoms with Gasteiger partial charge in [0.25, 0.3) is 0 Å². The minimum absolute atomic E-state index is 0. The van der Waals surface area contributed by atoms with E-state index in [0.717, 1.165) is 62.3 Å². The number of hydrogen-bond donors (Lipinski definition) is 2. The van der Waals surface area contributed by atoms with E-state index >= 15 is 0 Å². The molecule has 4 rings (SSSR count). The van der Waals surface area contributed by atoms with Gasteiger partial charge in [0.15, 0.2) is 11.5 Å². The van der Waals surface area contributed by atoms with E-state index in [1.54, 1.807) is 0 Å². The molecule has 1 unspecified atom stereocenters. The highest BCUT2D eigenvalue weighted by Gasteiger charge is 2.37. The van der Waals surface area contributed by atoms with Gasteiger partial charge in [-0.05, 0) is 62.4 Å². The molecule has 2 fully saturated rings. The van der Waals surface area contributed by atoms with Crippen molar-refractivity contribution >= 4 is 18.3 Å². The molecule has 1 aromatic carbocycles. The van der Waals surface area contributed by atoms with Crippen LogP contribution in [0.2, 0.25) is 0 Å². The highest BCUT2D eigenvalue weighted by Crippen LogP contribution is 2.42. The maximum absolute atomic E-state index is 12.6. The molecule has 1 atom stereocenters. The van der Waals surface area contributed by atoms with Crippen molar-refractivity contribution < 1.29 is 14.3 Å². The van der Waals surface area contributed by atoms with Crippen molar-refractivity contribution in [3.05, 3.63) is 23.8 Å². The predicted molar refractivity (Wildman–Crippen MR) is 103 cm³/mol. The van der Waals surface area contributed by atoms with E-state index in [1.165, 1.54) is 6.42 Å². The average molecular weight is 381 g/mol. The summed E-state index contributed by atoms with van der Waals surface area (Å²) in [4.78, 5) is 12.6. The number of amides is 1. The molecule has 3 aliphatic rings. The molecule has 26 heavy (non-hydrogen) atoms. The zero-order valence-corrected chi connectivity index (χ0v) is 16.0. The normalized spacial score (nSPS) is 23.3. The zero-order chi connectivity index (χ0) is 17.1. The maximum atomic E-state index is 12.6. The molecule has 0 spiro atoms. The van der Waals surface area contributed by atoms with E-state index in [1.807, 2.05) is 6.07 Å². The van der Waals surface area contributed by atoms with E-state index < -0.39 is 0 Å². The largest absolute Gasteiger partial charge is 0.486 e. The van der Waals surface area contributed by atoms with Crippen molar-refractivity contribution in [1.82, 2.24) is 10.6 Å². The third kappa shape index (κ3) is 4.09. The molecule has 0 bridgehead atoms. The van der Waals surface area contributed by atoms with Gasteiger partial charge in [0, 0.05) is 6.42 Å². The predicted octanol–water partition coefficient (Wildman–Crippen LogP) is 3.15. The van der Waals surface area contributed by atoms with Crippen LogP contribution in [0.25, 0.3) is 0 Å². The number of carbonyl (C=O) groups excluding carboxylic acids is 1. The molecule has 0 radical (unpaired) electrons. The molecule has 1 saturated carbocycles. The minimum atomic E-state index is -0.235. The molecule has 1 aliphatic carbocycles. The molecule has 1 saturated heterocycles. The topological polar surface area (TPSA) is 59.6 Å². The summed E-state index contributed by atoms with van der Waals surface area (Å²) in [6, 6.07) is 6.15. The van der Waals surface area contributed by atoms with Gasteiger partial charge in [-0.2, -0.15) is 0 Å². The third-order valence-electron chi connectivity index (χ3n) is 5.87. The highest BCUT2D eigenvalue weighted by molar-refractivity contribution is 5.85. The average Bonchev–Trinajstić information content (AvgIpc) is 3.32. The molecule has 2 heterocycles. The van der Waals surface area contributed by atoms with E-state index in [9.17, 15) is 4.79 Å². The number of rotatable bonds is 5. The summed E-state index contributed by atoms with van der Waals surface area (Å²) in [5.41, 5.74) is 0.922. The first-order valence-electron chi connectivity index (χ1n) is 9.67. The van der Waals surface area contributed by atoms with Crippen LogP contribution < -0.4 is 20.1 Å². The van der Waals surface area contributed by atoms with Crippen LogP contribution in [0.1, 0.15) is 50.5 Å². The summed E-state index contributed by atoms with van der Waals surface area (Å²) in [7, 11) is 0. The molecule has 0 aromatic heterocycles. The minimum Gasteiger partial charge on any atom is -0.486 e. The van der Waals surface area contributed by atoms with E-state index in [-0.39, 0.29) is 23.9 Å².